The van der Waals surface area contributed by atoms with E-state index in [-0.39, 0.29) is 30.9 Å². The van der Waals surface area contributed by atoms with Gasteiger partial charge in [0.1, 0.15) is 0 Å². The molecular weight excluding hydrogens is 437 g/mol. The van der Waals surface area contributed by atoms with E-state index in [0.717, 1.165) is 34.4 Å². The van der Waals surface area contributed by atoms with Gasteiger partial charge in [0, 0.05) is 35.5 Å². The first kappa shape index (κ1) is 19.7. The third-order valence-corrected chi connectivity index (χ3v) is 6.23. The van der Waals surface area contributed by atoms with Gasteiger partial charge in [0.05, 0.1) is 22.3 Å². The van der Waals surface area contributed by atoms with Gasteiger partial charge < -0.3 is 5.32 Å². The van der Waals surface area contributed by atoms with Crippen molar-refractivity contribution in [3.8, 4) is 6.07 Å². The molecule has 1 aliphatic heterocycles. The van der Waals surface area contributed by atoms with Gasteiger partial charge in [-0.2, -0.15) is 5.26 Å². The van der Waals surface area contributed by atoms with Gasteiger partial charge in [-0.25, -0.2) is 0 Å². The van der Waals surface area contributed by atoms with Crippen molar-refractivity contribution in [1.29, 1.82) is 5.26 Å². The van der Waals surface area contributed by atoms with Gasteiger partial charge in [-0.05, 0) is 37.9 Å². The van der Waals surface area contributed by atoms with Crippen LogP contribution in [0.4, 0.5) is 0 Å². The van der Waals surface area contributed by atoms with E-state index >= 15 is 0 Å². The Bertz CT molecular complexity index is 411. The van der Waals surface area contributed by atoms with Gasteiger partial charge in [-0.3, -0.25) is 4.90 Å². The van der Waals surface area contributed by atoms with Crippen LogP contribution >= 0.6 is 68.0 Å². The molecule has 0 bridgehead atoms. The van der Waals surface area contributed by atoms with E-state index in [1.807, 2.05) is 0 Å². The van der Waals surface area contributed by atoms with Crippen LogP contribution in [-0.2, 0) is 0 Å². The van der Waals surface area contributed by atoms with Gasteiger partial charge in [0.2, 0.25) is 0 Å². The molecule has 0 saturated carbocycles. The van der Waals surface area contributed by atoms with Crippen molar-refractivity contribution in [3.63, 3.8) is 0 Å². The molecule has 0 spiro atoms. The van der Waals surface area contributed by atoms with Crippen LogP contribution in [0, 0.1) is 11.3 Å². The molecule has 1 N–H and O–H groups in total. The Balaban J connectivity index is 0.00000162. The molecule has 3 nitrogen and oxygen atoms in total. The highest BCUT2D eigenvalue weighted by atomic mass is 79.9. The molecule has 0 amide bonds. The molecule has 1 fully saturated rings. The summed E-state index contributed by atoms with van der Waals surface area (Å²) < 4.78 is 2.18. The molecule has 1 atom stereocenters. The summed E-state index contributed by atoms with van der Waals surface area (Å²) in [5.74, 6) is 0. The fraction of sp³-hybridized carbons (Fsp3) is 0.545. The number of nitrogens with one attached hydrogen (secondary N) is 1. The van der Waals surface area contributed by atoms with Crippen molar-refractivity contribution < 1.29 is 0 Å². The summed E-state index contributed by atoms with van der Waals surface area (Å²) in [6.07, 6.45) is 0.555. The molecule has 1 aromatic heterocycles. The zero-order valence-electron chi connectivity index (χ0n) is 10.1. The third-order valence-electron chi connectivity index (χ3n) is 2.87. The molecule has 1 saturated heterocycles. The molecular formula is C11H15Br2Cl2N3S. The SMILES string of the molecule is Cl.Cl.N#CC[C@H](c1cc(Br)c(Br)s1)N1CCNCC1. The zero-order chi connectivity index (χ0) is 12.3. The van der Waals surface area contributed by atoms with E-state index in [9.17, 15) is 0 Å². The van der Waals surface area contributed by atoms with Gasteiger partial charge in [-0.15, -0.1) is 36.2 Å². The van der Waals surface area contributed by atoms with E-state index in [1.165, 1.54) is 4.88 Å². The first-order chi connectivity index (χ1) is 8.22. The van der Waals surface area contributed by atoms with Crippen molar-refractivity contribution in [1.82, 2.24) is 10.2 Å². The Morgan fingerprint density at radius 2 is 2.00 bits per heavy atom. The zero-order valence-corrected chi connectivity index (χ0v) is 15.7. The summed E-state index contributed by atoms with van der Waals surface area (Å²) in [5.41, 5.74) is 0. The van der Waals surface area contributed by atoms with Crippen LogP contribution < -0.4 is 5.32 Å². The molecule has 1 aromatic rings. The van der Waals surface area contributed by atoms with Gasteiger partial charge >= 0.3 is 0 Å². The van der Waals surface area contributed by atoms with Gasteiger partial charge in [0.15, 0.2) is 0 Å². The van der Waals surface area contributed by atoms with E-state index in [4.69, 9.17) is 5.26 Å². The Morgan fingerprint density at radius 3 is 2.47 bits per heavy atom. The first-order valence-electron chi connectivity index (χ1n) is 5.49. The van der Waals surface area contributed by atoms with Crippen LogP contribution in [0.25, 0.3) is 0 Å². The van der Waals surface area contributed by atoms with Gasteiger partial charge in [-0.1, -0.05) is 0 Å². The highest BCUT2D eigenvalue weighted by Crippen LogP contribution is 2.38. The third kappa shape index (κ3) is 5.16. The Kier molecular flexibility index (Phi) is 9.89. The normalized spacial score (nSPS) is 16.9. The highest BCUT2D eigenvalue weighted by molar-refractivity contribution is 9.13. The minimum Gasteiger partial charge on any atom is -0.314 e. The monoisotopic (exact) mass is 449 g/mol. The minimum absolute atomic E-state index is 0. The molecule has 0 unspecified atom stereocenters. The molecule has 0 aromatic carbocycles. The number of nitrogens with zero attached hydrogens (tertiary/aromatic N) is 2. The lowest BCUT2D eigenvalue weighted by atomic mass is 10.1. The Hall–Kier alpha value is 0.650. The summed E-state index contributed by atoms with van der Waals surface area (Å²) in [6.45, 7) is 4.05. The fourth-order valence-electron chi connectivity index (χ4n) is 2.02. The highest BCUT2D eigenvalue weighted by Gasteiger charge is 2.24. The Morgan fingerprint density at radius 1 is 1.37 bits per heavy atom. The number of rotatable bonds is 3. The number of hydrogen-bond acceptors (Lipinski definition) is 4. The molecule has 2 heterocycles. The average molecular weight is 452 g/mol. The molecule has 108 valence electrons. The van der Waals surface area contributed by atoms with Crippen LogP contribution in [-0.4, -0.2) is 31.1 Å². The van der Waals surface area contributed by atoms with Crippen molar-refractivity contribution in [3.05, 3.63) is 19.2 Å². The van der Waals surface area contributed by atoms with Crippen molar-refractivity contribution in [2.24, 2.45) is 0 Å². The summed E-state index contributed by atoms with van der Waals surface area (Å²) in [7, 11) is 0. The Labute approximate surface area is 146 Å². The number of halogens is 4. The fourth-order valence-corrected chi connectivity index (χ4v) is 4.24. The summed E-state index contributed by atoms with van der Waals surface area (Å²) in [4.78, 5) is 3.65. The molecule has 8 heteroatoms. The first-order valence-corrected chi connectivity index (χ1v) is 7.89. The largest absolute Gasteiger partial charge is 0.314 e. The van der Waals surface area contributed by atoms with E-state index in [1.54, 1.807) is 11.3 Å². The van der Waals surface area contributed by atoms with Crippen LogP contribution in [0.5, 0.6) is 0 Å². The van der Waals surface area contributed by atoms with Crippen LogP contribution in [0.3, 0.4) is 0 Å². The minimum atomic E-state index is 0. The van der Waals surface area contributed by atoms with E-state index in [0.29, 0.717) is 6.42 Å². The molecule has 2 rings (SSSR count). The maximum atomic E-state index is 8.99. The second kappa shape index (κ2) is 9.56. The lowest BCUT2D eigenvalue weighted by molar-refractivity contribution is 0.178. The van der Waals surface area contributed by atoms with Gasteiger partial charge in [0.25, 0.3) is 0 Å². The van der Waals surface area contributed by atoms with E-state index < -0.39 is 0 Å². The second-order valence-corrected chi connectivity index (χ2v) is 7.19. The van der Waals surface area contributed by atoms with E-state index in [2.05, 4.69) is 54.2 Å². The quantitative estimate of drug-likeness (QED) is 0.755. The van der Waals surface area contributed by atoms with Crippen LogP contribution in [0.1, 0.15) is 17.3 Å². The predicted molar refractivity (Wildman–Crippen MR) is 91.6 cm³/mol. The van der Waals surface area contributed by atoms with Crippen molar-refractivity contribution >= 4 is 68.0 Å². The smallest absolute Gasteiger partial charge is 0.0843 e. The summed E-state index contributed by atoms with van der Waals surface area (Å²) in [6, 6.07) is 4.66. The molecule has 0 aliphatic carbocycles. The van der Waals surface area contributed by atoms with Crippen LogP contribution in [0.15, 0.2) is 14.3 Å². The maximum absolute atomic E-state index is 8.99. The molecule has 19 heavy (non-hydrogen) atoms. The van der Waals surface area contributed by atoms with Crippen molar-refractivity contribution in [2.45, 2.75) is 12.5 Å². The summed E-state index contributed by atoms with van der Waals surface area (Å²) >= 11 is 8.74. The average Bonchev–Trinajstić information content (AvgIpc) is 2.67. The maximum Gasteiger partial charge on any atom is 0.0843 e. The van der Waals surface area contributed by atoms with Crippen molar-refractivity contribution in [2.75, 3.05) is 26.2 Å². The van der Waals surface area contributed by atoms with Crippen LogP contribution in [0.2, 0.25) is 0 Å². The molecule has 1 aliphatic rings. The number of piperazine rings is 1. The second-order valence-electron chi connectivity index (χ2n) is 3.93. The predicted octanol–water partition coefficient (Wildman–Crippen LogP) is 3.98. The lowest BCUT2D eigenvalue weighted by Gasteiger charge is -2.33. The standard InChI is InChI=1S/C11H13Br2N3S.2ClH/c12-8-7-10(17-11(8)13)9(1-2-14)16-5-3-15-4-6-16;;/h7,9,15H,1,3-6H2;2*1H/t9-;;/m1../s1. The molecule has 0 radical (unpaired) electrons. The lowest BCUT2D eigenvalue weighted by Crippen LogP contribution is -2.44. The number of thiophene rings is 1. The topological polar surface area (TPSA) is 39.1 Å². The number of hydrogen-bond donors (Lipinski definition) is 1. The summed E-state index contributed by atoms with van der Waals surface area (Å²) in [5, 5.41) is 12.3. The number of nitriles is 1.